The molecule has 1 aromatic carbocycles. The number of benzene rings is 1. The van der Waals surface area contributed by atoms with Crippen LogP contribution < -0.4 is 10.6 Å². The number of anilines is 1. The summed E-state index contributed by atoms with van der Waals surface area (Å²) in [5, 5.41) is 6.86. The van der Waals surface area contributed by atoms with Gasteiger partial charge in [-0.15, -0.1) is 0 Å². The molecule has 0 bridgehead atoms. The molecule has 0 spiro atoms. The van der Waals surface area contributed by atoms with Crippen molar-refractivity contribution in [3.63, 3.8) is 0 Å². The number of rotatable bonds is 7. The van der Waals surface area contributed by atoms with Gasteiger partial charge in [0.05, 0.1) is 0 Å². The number of pyridine rings is 1. The molecule has 0 unspecified atom stereocenters. The van der Waals surface area contributed by atoms with E-state index >= 15 is 0 Å². The highest BCUT2D eigenvalue weighted by molar-refractivity contribution is 5.80. The lowest BCUT2D eigenvalue weighted by Crippen LogP contribution is -2.44. The van der Waals surface area contributed by atoms with Crippen LogP contribution in [0.4, 0.5) is 5.82 Å². The Morgan fingerprint density at radius 3 is 2.50 bits per heavy atom. The van der Waals surface area contributed by atoms with Crippen molar-refractivity contribution in [2.24, 2.45) is 4.99 Å². The fraction of sp³-hybridized carbons (Fsp3) is 0.391. The third-order valence-electron chi connectivity index (χ3n) is 4.95. The fourth-order valence-corrected chi connectivity index (χ4v) is 3.40. The summed E-state index contributed by atoms with van der Waals surface area (Å²) in [4.78, 5) is 11.1. The van der Waals surface area contributed by atoms with Crippen molar-refractivity contribution in [1.82, 2.24) is 15.2 Å². The zero-order chi connectivity index (χ0) is 19.4. The number of hydrogen-bond acceptors (Lipinski definition) is 3. The molecule has 1 aliphatic rings. The number of guanidine groups is 1. The van der Waals surface area contributed by atoms with Crippen LogP contribution in [-0.2, 0) is 0 Å². The van der Waals surface area contributed by atoms with Gasteiger partial charge >= 0.3 is 0 Å². The van der Waals surface area contributed by atoms with E-state index in [0.29, 0.717) is 0 Å². The van der Waals surface area contributed by atoms with E-state index in [1.807, 2.05) is 31.4 Å². The molecule has 1 aliphatic heterocycles. The summed E-state index contributed by atoms with van der Waals surface area (Å²) in [5.41, 5.74) is 2.83. The van der Waals surface area contributed by atoms with Crippen LogP contribution in [0.5, 0.6) is 0 Å². The predicted octanol–water partition coefficient (Wildman–Crippen LogP) is 4.03. The number of unbranched alkanes of at least 4 members (excludes halogenated alkanes) is 1. The highest BCUT2D eigenvalue weighted by atomic mass is 15.3. The first-order valence-electron chi connectivity index (χ1n) is 10.2. The topological polar surface area (TPSA) is 52.6 Å². The SMILES string of the molecule is CN=C(NCCCCNc1ccccn1)N1CCC(=Cc2ccccc2)CC1. The zero-order valence-electron chi connectivity index (χ0n) is 16.8. The highest BCUT2D eigenvalue weighted by Gasteiger charge is 2.16. The summed E-state index contributed by atoms with van der Waals surface area (Å²) in [5.74, 6) is 1.97. The maximum Gasteiger partial charge on any atom is 0.193 e. The third kappa shape index (κ3) is 6.41. The monoisotopic (exact) mass is 377 g/mol. The Labute approximate surface area is 168 Å². The van der Waals surface area contributed by atoms with E-state index in [9.17, 15) is 0 Å². The van der Waals surface area contributed by atoms with Crippen molar-refractivity contribution < 1.29 is 0 Å². The quantitative estimate of drug-likeness (QED) is 0.435. The molecule has 5 heteroatoms. The van der Waals surface area contributed by atoms with Crippen molar-refractivity contribution in [3.05, 3.63) is 65.9 Å². The molecule has 0 saturated carbocycles. The molecule has 0 radical (unpaired) electrons. The normalized spacial score (nSPS) is 14.7. The fourth-order valence-electron chi connectivity index (χ4n) is 3.40. The largest absolute Gasteiger partial charge is 0.370 e. The van der Waals surface area contributed by atoms with E-state index in [1.165, 1.54) is 11.1 Å². The summed E-state index contributed by atoms with van der Waals surface area (Å²) < 4.78 is 0. The minimum absolute atomic E-state index is 0.939. The highest BCUT2D eigenvalue weighted by Crippen LogP contribution is 2.19. The molecule has 28 heavy (non-hydrogen) atoms. The minimum Gasteiger partial charge on any atom is -0.370 e. The number of nitrogens with zero attached hydrogens (tertiary/aromatic N) is 3. The Hall–Kier alpha value is -2.82. The van der Waals surface area contributed by atoms with E-state index < -0.39 is 0 Å². The van der Waals surface area contributed by atoms with Crippen molar-refractivity contribution in [3.8, 4) is 0 Å². The van der Waals surface area contributed by atoms with Crippen LogP contribution in [0.3, 0.4) is 0 Å². The predicted molar refractivity (Wildman–Crippen MR) is 119 cm³/mol. The molecule has 2 N–H and O–H groups in total. The van der Waals surface area contributed by atoms with Crippen molar-refractivity contribution in [2.45, 2.75) is 25.7 Å². The van der Waals surface area contributed by atoms with Gasteiger partial charge in [-0.3, -0.25) is 4.99 Å². The lowest BCUT2D eigenvalue weighted by atomic mass is 10.0. The number of aromatic nitrogens is 1. The van der Waals surface area contributed by atoms with Gasteiger partial charge in [0.15, 0.2) is 5.96 Å². The third-order valence-corrected chi connectivity index (χ3v) is 4.95. The standard InChI is InChI=1S/C23H31N5/c1-24-23(27-16-8-7-15-26-22-11-5-6-14-25-22)28-17-12-21(13-18-28)19-20-9-3-2-4-10-20/h2-6,9-11,14,19H,7-8,12-13,15-18H2,1H3,(H,24,27)(H,25,26). The summed E-state index contributed by atoms with van der Waals surface area (Å²) in [6.45, 7) is 3.94. The zero-order valence-corrected chi connectivity index (χ0v) is 16.8. The van der Waals surface area contributed by atoms with Crippen molar-refractivity contribution in [2.75, 3.05) is 38.5 Å². The van der Waals surface area contributed by atoms with Gasteiger partial charge in [-0.05, 0) is 43.4 Å². The second kappa shape index (κ2) is 11.1. The summed E-state index contributed by atoms with van der Waals surface area (Å²) in [6.07, 6.45) is 8.55. The van der Waals surface area contributed by atoms with E-state index in [-0.39, 0.29) is 0 Å². The average Bonchev–Trinajstić information content (AvgIpc) is 2.75. The van der Waals surface area contributed by atoms with Gasteiger partial charge in [0.2, 0.25) is 0 Å². The summed E-state index contributed by atoms with van der Waals surface area (Å²) in [7, 11) is 1.88. The van der Waals surface area contributed by atoms with Crippen LogP contribution in [0, 0.1) is 0 Å². The summed E-state index contributed by atoms with van der Waals surface area (Å²) >= 11 is 0. The van der Waals surface area contributed by atoms with Crippen LogP contribution in [-0.4, -0.2) is 49.1 Å². The molecule has 1 saturated heterocycles. The maximum atomic E-state index is 4.47. The molecule has 5 nitrogen and oxygen atoms in total. The van der Waals surface area contributed by atoms with Crippen LogP contribution in [0.15, 0.2) is 65.3 Å². The van der Waals surface area contributed by atoms with Crippen LogP contribution in [0.1, 0.15) is 31.2 Å². The molecule has 3 rings (SSSR count). The molecule has 0 aliphatic carbocycles. The lowest BCUT2D eigenvalue weighted by molar-refractivity contribution is 0.375. The molecule has 0 amide bonds. The minimum atomic E-state index is 0.939. The summed E-state index contributed by atoms with van der Waals surface area (Å²) in [6, 6.07) is 16.5. The Kier molecular flexibility index (Phi) is 7.91. The van der Waals surface area contributed by atoms with Gasteiger partial charge in [-0.1, -0.05) is 48.0 Å². The molecule has 0 atom stereocenters. The molecule has 2 aromatic rings. The van der Waals surface area contributed by atoms with Crippen molar-refractivity contribution >= 4 is 17.9 Å². The average molecular weight is 378 g/mol. The Bertz CT molecular complexity index is 745. The first-order valence-corrected chi connectivity index (χ1v) is 10.2. The Morgan fingerprint density at radius 1 is 1.04 bits per heavy atom. The van der Waals surface area contributed by atoms with Crippen LogP contribution in [0.25, 0.3) is 6.08 Å². The van der Waals surface area contributed by atoms with Crippen LogP contribution >= 0.6 is 0 Å². The molecule has 2 heterocycles. The molecular weight excluding hydrogens is 346 g/mol. The first-order chi connectivity index (χ1) is 13.8. The van der Waals surface area contributed by atoms with Gasteiger partial charge in [0.25, 0.3) is 0 Å². The smallest absolute Gasteiger partial charge is 0.193 e. The molecule has 1 fully saturated rings. The van der Waals surface area contributed by atoms with Gasteiger partial charge in [0.1, 0.15) is 5.82 Å². The number of piperidine rings is 1. The second-order valence-electron chi connectivity index (χ2n) is 7.02. The van der Waals surface area contributed by atoms with Gasteiger partial charge in [-0.25, -0.2) is 4.98 Å². The first kappa shape index (κ1) is 19.9. The van der Waals surface area contributed by atoms with E-state index in [0.717, 1.165) is 63.6 Å². The van der Waals surface area contributed by atoms with Gasteiger partial charge in [-0.2, -0.15) is 0 Å². The maximum absolute atomic E-state index is 4.47. The number of nitrogens with one attached hydrogen (secondary N) is 2. The number of aliphatic imine (C=N–C) groups is 1. The van der Waals surface area contributed by atoms with Gasteiger partial charge in [0, 0.05) is 39.4 Å². The Balaban J connectivity index is 1.34. The van der Waals surface area contributed by atoms with E-state index in [1.54, 1.807) is 0 Å². The molecular formula is C23H31N5. The Morgan fingerprint density at radius 2 is 1.79 bits per heavy atom. The van der Waals surface area contributed by atoms with Crippen LogP contribution in [0.2, 0.25) is 0 Å². The van der Waals surface area contributed by atoms with Crippen molar-refractivity contribution in [1.29, 1.82) is 0 Å². The number of likely N-dealkylation sites (tertiary alicyclic amines) is 1. The second-order valence-corrected chi connectivity index (χ2v) is 7.02. The number of hydrogen-bond donors (Lipinski definition) is 2. The molecule has 1 aromatic heterocycles. The van der Waals surface area contributed by atoms with E-state index in [2.05, 4.69) is 61.9 Å². The van der Waals surface area contributed by atoms with Gasteiger partial charge < -0.3 is 15.5 Å². The lowest BCUT2D eigenvalue weighted by Gasteiger charge is -2.31. The van der Waals surface area contributed by atoms with E-state index in [4.69, 9.17) is 0 Å². The molecule has 148 valence electrons.